The molecule has 6 nitrogen and oxygen atoms in total. The molecule has 168 valence electrons. The molecular weight excluding hydrogens is 398 g/mol. The highest BCUT2D eigenvalue weighted by molar-refractivity contribution is 5.94. The van der Waals surface area contributed by atoms with Crippen LogP contribution in [0.1, 0.15) is 61.8 Å². The number of carbonyl (C=O) groups excluding carboxylic acids is 1. The van der Waals surface area contributed by atoms with E-state index in [4.69, 9.17) is 0 Å². The molecule has 2 aromatic heterocycles. The van der Waals surface area contributed by atoms with Gasteiger partial charge in [-0.3, -0.25) is 14.1 Å². The Kier molecular flexibility index (Phi) is 5.28. The highest BCUT2D eigenvalue weighted by Crippen LogP contribution is 2.41. The second-order valence-corrected chi connectivity index (χ2v) is 10.7. The van der Waals surface area contributed by atoms with Crippen molar-refractivity contribution in [2.24, 2.45) is 5.41 Å². The molecule has 1 amide bonds. The summed E-state index contributed by atoms with van der Waals surface area (Å²) in [5.74, 6) is 0.999. The number of nitrogens with zero attached hydrogens (tertiary/aromatic N) is 5. The van der Waals surface area contributed by atoms with Crippen molar-refractivity contribution in [1.29, 1.82) is 0 Å². The standard InChI is InChI=1S/C26H33N5O/c1-25(2,3)24-28-27-22-10-9-21(18-31(22)24)23(32)30-15-12-26(13-16-30)11-14-29(19-26)17-20-7-5-4-6-8-20/h4-10,18H,11-17,19H2,1-3H3. The molecule has 3 aromatic rings. The maximum Gasteiger partial charge on any atom is 0.255 e. The zero-order valence-corrected chi connectivity index (χ0v) is 19.4. The van der Waals surface area contributed by atoms with Crippen LogP contribution in [0.4, 0.5) is 0 Å². The van der Waals surface area contributed by atoms with Gasteiger partial charge in [-0.05, 0) is 48.9 Å². The molecule has 32 heavy (non-hydrogen) atoms. The number of carbonyl (C=O) groups is 1. The topological polar surface area (TPSA) is 53.7 Å². The third kappa shape index (κ3) is 4.04. The van der Waals surface area contributed by atoms with Crippen LogP contribution in [0.5, 0.6) is 0 Å². The van der Waals surface area contributed by atoms with Crippen molar-refractivity contribution in [3.8, 4) is 0 Å². The normalized spacial score (nSPS) is 19.2. The van der Waals surface area contributed by atoms with E-state index < -0.39 is 0 Å². The number of piperidine rings is 1. The van der Waals surface area contributed by atoms with Crippen molar-refractivity contribution in [3.63, 3.8) is 0 Å². The maximum absolute atomic E-state index is 13.3. The molecule has 2 aliphatic heterocycles. The molecule has 0 aliphatic carbocycles. The van der Waals surface area contributed by atoms with Gasteiger partial charge in [-0.25, -0.2) is 0 Å². The van der Waals surface area contributed by atoms with Gasteiger partial charge in [-0.2, -0.15) is 0 Å². The number of benzene rings is 1. The average molecular weight is 432 g/mol. The number of hydrogen-bond donors (Lipinski definition) is 0. The largest absolute Gasteiger partial charge is 0.339 e. The predicted molar refractivity (Wildman–Crippen MR) is 126 cm³/mol. The van der Waals surface area contributed by atoms with E-state index in [1.165, 1.54) is 12.0 Å². The van der Waals surface area contributed by atoms with Crippen LogP contribution in [0.2, 0.25) is 0 Å². The van der Waals surface area contributed by atoms with Crippen molar-refractivity contribution in [2.75, 3.05) is 26.2 Å². The van der Waals surface area contributed by atoms with Crippen molar-refractivity contribution in [3.05, 3.63) is 65.6 Å². The average Bonchev–Trinajstić information content (AvgIpc) is 3.38. The van der Waals surface area contributed by atoms with Crippen molar-refractivity contribution in [2.45, 2.75) is 52.0 Å². The van der Waals surface area contributed by atoms with Crippen LogP contribution < -0.4 is 0 Å². The molecule has 5 rings (SSSR count). The van der Waals surface area contributed by atoms with E-state index >= 15 is 0 Å². The molecule has 0 radical (unpaired) electrons. The van der Waals surface area contributed by atoms with Gasteiger partial charge in [0.15, 0.2) is 5.65 Å². The minimum atomic E-state index is -0.132. The number of aromatic nitrogens is 3. The lowest BCUT2D eigenvalue weighted by molar-refractivity contribution is 0.0587. The van der Waals surface area contributed by atoms with Gasteiger partial charge in [0.05, 0.1) is 5.56 Å². The van der Waals surface area contributed by atoms with E-state index in [9.17, 15) is 4.79 Å². The summed E-state index contributed by atoms with van der Waals surface area (Å²) in [4.78, 5) is 17.9. The number of likely N-dealkylation sites (tertiary alicyclic amines) is 2. The van der Waals surface area contributed by atoms with Gasteiger partial charge in [0, 0.05) is 37.8 Å². The molecule has 0 atom stereocenters. The second kappa shape index (κ2) is 8.00. The minimum Gasteiger partial charge on any atom is -0.339 e. The van der Waals surface area contributed by atoms with E-state index in [-0.39, 0.29) is 11.3 Å². The molecule has 6 heteroatoms. The zero-order chi connectivity index (χ0) is 22.3. The summed E-state index contributed by atoms with van der Waals surface area (Å²) in [5.41, 5.74) is 3.12. The first-order valence-electron chi connectivity index (χ1n) is 11.7. The summed E-state index contributed by atoms with van der Waals surface area (Å²) in [6, 6.07) is 14.5. The van der Waals surface area contributed by atoms with Crippen molar-refractivity contribution >= 4 is 11.6 Å². The van der Waals surface area contributed by atoms with E-state index in [1.807, 2.05) is 27.6 Å². The summed E-state index contributed by atoms with van der Waals surface area (Å²) in [6.07, 6.45) is 5.33. The fraction of sp³-hybridized carbons (Fsp3) is 0.500. The molecule has 2 fully saturated rings. The zero-order valence-electron chi connectivity index (χ0n) is 19.4. The number of amides is 1. The van der Waals surface area contributed by atoms with E-state index in [0.29, 0.717) is 5.41 Å². The highest BCUT2D eigenvalue weighted by Gasteiger charge is 2.41. The lowest BCUT2D eigenvalue weighted by Crippen LogP contribution is -2.44. The maximum atomic E-state index is 13.3. The second-order valence-electron chi connectivity index (χ2n) is 10.7. The molecule has 0 N–H and O–H groups in total. The van der Waals surface area contributed by atoms with Gasteiger partial charge in [0.1, 0.15) is 5.82 Å². The number of hydrogen-bond acceptors (Lipinski definition) is 4. The Labute approximate surface area is 190 Å². The van der Waals surface area contributed by atoms with Crippen LogP contribution in [-0.2, 0) is 12.0 Å². The van der Waals surface area contributed by atoms with Crippen LogP contribution in [0.3, 0.4) is 0 Å². The monoisotopic (exact) mass is 431 g/mol. The van der Waals surface area contributed by atoms with E-state index in [0.717, 1.165) is 62.6 Å². The summed E-state index contributed by atoms with van der Waals surface area (Å²) < 4.78 is 1.97. The van der Waals surface area contributed by atoms with Crippen LogP contribution in [0, 0.1) is 5.41 Å². The fourth-order valence-corrected chi connectivity index (χ4v) is 5.31. The Balaban J connectivity index is 1.24. The van der Waals surface area contributed by atoms with Gasteiger partial charge < -0.3 is 4.90 Å². The Morgan fingerprint density at radius 1 is 0.969 bits per heavy atom. The van der Waals surface area contributed by atoms with Crippen molar-refractivity contribution in [1.82, 2.24) is 24.4 Å². The highest BCUT2D eigenvalue weighted by atomic mass is 16.2. The summed E-state index contributed by atoms with van der Waals surface area (Å²) in [7, 11) is 0. The molecule has 2 aliphatic rings. The summed E-state index contributed by atoms with van der Waals surface area (Å²) in [5, 5.41) is 8.61. The molecule has 0 bridgehead atoms. The quantitative estimate of drug-likeness (QED) is 0.625. The number of fused-ring (bicyclic) bond motifs is 1. The molecule has 1 aromatic carbocycles. The lowest BCUT2D eigenvalue weighted by atomic mass is 9.77. The molecule has 0 unspecified atom stereocenters. The van der Waals surface area contributed by atoms with Gasteiger partial charge in [0.25, 0.3) is 5.91 Å². The molecule has 4 heterocycles. The molecule has 0 saturated carbocycles. The van der Waals surface area contributed by atoms with Crippen LogP contribution >= 0.6 is 0 Å². The summed E-state index contributed by atoms with van der Waals surface area (Å²) in [6.45, 7) is 11.4. The van der Waals surface area contributed by atoms with Crippen LogP contribution in [0.25, 0.3) is 5.65 Å². The van der Waals surface area contributed by atoms with Gasteiger partial charge in [-0.15, -0.1) is 10.2 Å². The Morgan fingerprint density at radius 3 is 2.41 bits per heavy atom. The first kappa shape index (κ1) is 21.1. The van der Waals surface area contributed by atoms with Crippen LogP contribution in [0.15, 0.2) is 48.7 Å². The first-order chi connectivity index (χ1) is 15.3. The lowest BCUT2D eigenvalue weighted by Gasteiger charge is -2.39. The Hall–Kier alpha value is -2.73. The molecule has 1 spiro atoms. The Morgan fingerprint density at radius 2 is 1.69 bits per heavy atom. The molecule has 2 saturated heterocycles. The van der Waals surface area contributed by atoms with Gasteiger partial charge >= 0.3 is 0 Å². The smallest absolute Gasteiger partial charge is 0.255 e. The third-order valence-electron chi connectivity index (χ3n) is 7.20. The minimum absolute atomic E-state index is 0.120. The van der Waals surface area contributed by atoms with Gasteiger partial charge in [0.2, 0.25) is 0 Å². The van der Waals surface area contributed by atoms with E-state index in [2.05, 4.69) is 66.2 Å². The molecular formula is C26H33N5O. The Bertz CT molecular complexity index is 1110. The van der Waals surface area contributed by atoms with E-state index in [1.54, 1.807) is 0 Å². The van der Waals surface area contributed by atoms with Gasteiger partial charge in [-0.1, -0.05) is 51.1 Å². The predicted octanol–water partition coefficient (Wildman–Crippen LogP) is 4.16. The summed E-state index contributed by atoms with van der Waals surface area (Å²) >= 11 is 0. The third-order valence-corrected chi connectivity index (χ3v) is 7.20. The SMILES string of the molecule is CC(C)(C)c1nnc2ccc(C(=O)N3CCC4(CCN(Cc5ccccc5)C4)CC3)cn12. The fourth-order valence-electron chi connectivity index (χ4n) is 5.31. The van der Waals surface area contributed by atoms with Crippen LogP contribution in [-0.4, -0.2) is 56.5 Å². The first-order valence-corrected chi connectivity index (χ1v) is 11.7. The number of pyridine rings is 1. The number of rotatable bonds is 3. The van der Waals surface area contributed by atoms with Crippen molar-refractivity contribution < 1.29 is 4.79 Å².